The summed E-state index contributed by atoms with van der Waals surface area (Å²) in [7, 11) is 0. The highest BCUT2D eigenvalue weighted by molar-refractivity contribution is 5.80. The molecule has 5 rings (SSSR count). The molecule has 4 aromatic carbocycles. The molecule has 0 saturated heterocycles. The highest BCUT2D eigenvalue weighted by Crippen LogP contribution is 2.47. The Kier molecular flexibility index (Phi) is 14.8. The fraction of sp³-hybridized carbons (Fsp3) is 0.243. The summed E-state index contributed by atoms with van der Waals surface area (Å²) in [4.78, 5) is 0. The lowest BCUT2D eigenvalue weighted by molar-refractivity contribution is 0.469. The van der Waals surface area contributed by atoms with Gasteiger partial charge in [-0.25, -0.2) is 0 Å². The molecule has 4 aromatic rings. The van der Waals surface area contributed by atoms with Crippen molar-refractivity contribution in [1.82, 2.24) is 0 Å². The second kappa shape index (κ2) is 17.5. The summed E-state index contributed by atoms with van der Waals surface area (Å²) in [6.45, 7) is 19.8. The largest absolute Gasteiger partial charge is 0.508 e. The first-order valence-corrected chi connectivity index (χ1v) is 13.8. The second-order valence-electron chi connectivity index (χ2n) is 8.96. The number of benzene rings is 4. The van der Waals surface area contributed by atoms with Gasteiger partial charge in [0.2, 0.25) is 0 Å². The van der Waals surface area contributed by atoms with E-state index < -0.39 is 0 Å². The average Bonchev–Trinajstić information content (AvgIpc) is 3.21. The van der Waals surface area contributed by atoms with Crippen molar-refractivity contribution in [3.63, 3.8) is 0 Å². The van der Waals surface area contributed by atoms with Gasteiger partial charge in [-0.3, -0.25) is 0 Å². The molecule has 0 atom stereocenters. The van der Waals surface area contributed by atoms with Crippen molar-refractivity contribution in [2.75, 3.05) is 0 Å². The molecule has 0 amide bonds. The molecule has 1 aliphatic rings. The van der Waals surface area contributed by atoms with Crippen LogP contribution in [-0.2, 0) is 18.3 Å². The first-order chi connectivity index (χ1) is 18.9. The van der Waals surface area contributed by atoms with Crippen LogP contribution in [0.4, 0.5) is 0 Å². The maximum Gasteiger partial charge on any atom is 0.119 e. The predicted molar refractivity (Wildman–Crippen MR) is 171 cm³/mol. The van der Waals surface area contributed by atoms with Gasteiger partial charge in [-0.05, 0) is 58.4 Å². The van der Waals surface area contributed by atoms with E-state index in [1.807, 2.05) is 64.1 Å². The smallest absolute Gasteiger partial charge is 0.119 e. The summed E-state index contributed by atoms with van der Waals surface area (Å²) in [6.07, 6.45) is 5.00. The van der Waals surface area contributed by atoms with E-state index in [0.29, 0.717) is 11.5 Å². The van der Waals surface area contributed by atoms with E-state index in [1.54, 1.807) is 24.3 Å². The Morgan fingerprint density at radius 2 is 0.846 bits per heavy atom. The lowest BCUT2D eigenvalue weighted by Gasteiger charge is -2.20. The van der Waals surface area contributed by atoms with Crippen molar-refractivity contribution in [2.24, 2.45) is 0 Å². The molecule has 2 N–H and O–H groups in total. The minimum absolute atomic E-state index is 0.160. The van der Waals surface area contributed by atoms with Crippen LogP contribution in [0.3, 0.4) is 0 Å². The molecular formula is C37H46O2. The Morgan fingerprint density at radius 3 is 1.18 bits per heavy atom. The molecule has 0 radical (unpaired) electrons. The van der Waals surface area contributed by atoms with Gasteiger partial charge < -0.3 is 10.2 Å². The predicted octanol–water partition coefficient (Wildman–Crippen LogP) is 10.3. The number of fused-ring (bicyclic) bond motifs is 3. The van der Waals surface area contributed by atoms with E-state index in [2.05, 4.69) is 75.5 Å². The van der Waals surface area contributed by atoms with Gasteiger partial charge in [0.1, 0.15) is 11.5 Å². The number of phenols is 2. The highest BCUT2D eigenvalue weighted by atomic mass is 16.3. The maximum absolute atomic E-state index is 9.19. The number of hydrogen-bond donors (Lipinski definition) is 2. The third kappa shape index (κ3) is 9.04. The summed E-state index contributed by atoms with van der Waals surface area (Å²) in [5, 5.41) is 18.4. The van der Waals surface area contributed by atoms with Crippen molar-refractivity contribution >= 4 is 0 Å². The molecule has 2 nitrogen and oxygen atoms in total. The summed E-state index contributed by atoms with van der Waals surface area (Å²) in [6, 6.07) is 32.0. The molecule has 206 valence electrons. The van der Waals surface area contributed by atoms with Gasteiger partial charge in [0.15, 0.2) is 0 Å². The Balaban J connectivity index is 0.000000283. The van der Waals surface area contributed by atoms with Crippen molar-refractivity contribution < 1.29 is 10.2 Å². The molecule has 0 fully saturated rings. The van der Waals surface area contributed by atoms with Gasteiger partial charge >= 0.3 is 0 Å². The average molecular weight is 523 g/mol. The van der Waals surface area contributed by atoms with Gasteiger partial charge in [-0.1, -0.05) is 139 Å². The summed E-state index contributed by atoms with van der Waals surface area (Å²) < 4.78 is 0. The van der Waals surface area contributed by atoms with Gasteiger partial charge in [-0.2, -0.15) is 0 Å². The van der Waals surface area contributed by atoms with E-state index in [0.717, 1.165) is 24.0 Å². The molecule has 0 aliphatic heterocycles. The number of hydrogen-bond acceptors (Lipinski definition) is 2. The van der Waals surface area contributed by atoms with Crippen LogP contribution in [0.25, 0.3) is 11.1 Å². The number of allylic oxidation sites excluding steroid dienone is 2. The summed E-state index contributed by atoms with van der Waals surface area (Å²) in [5.74, 6) is 0.699. The molecule has 2 heteroatoms. The Morgan fingerprint density at radius 1 is 0.538 bits per heavy atom. The fourth-order valence-electron chi connectivity index (χ4n) is 4.35. The van der Waals surface area contributed by atoms with Gasteiger partial charge in [0, 0.05) is 5.41 Å². The standard InChI is InChI=1S/C15H14.2C9H10O.2C2H6/c1-15(2)13-9-5-3-7-11(13)12-8-4-6-10-14(12)15;2*1-2-5-8-6-3-4-7-9(8)10;2*1-2/h3-10H,1-2H3;2*2-4,6-7,10H,1,5H2;2*1-2H3. The van der Waals surface area contributed by atoms with Crippen molar-refractivity contribution in [3.05, 3.63) is 145 Å². The second-order valence-corrected chi connectivity index (χ2v) is 8.96. The van der Waals surface area contributed by atoms with Crippen LogP contribution in [0.2, 0.25) is 0 Å². The van der Waals surface area contributed by atoms with Crippen LogP contribution in [0, 0.1) is 0 Å². The van der Waals surface area contributed by atoms with E-state index in [4.69, 9.17) is 0 Å². The number of phenolic OH excluding ortho intramolecular Hbond substituents is 2. The normalized spacial score (nSPS) is 11.1. The van der Waals surface area contributed by atoms with Crippen molar-refractivity contribution in [1.29, 1.82) is 0 Å². The van der Waals surface area contributed by atoms with E-state index in [-0.39, 0.29) is 5.41 Å². The van der Waals surface area contributed by atoms with Crippen LogP contribution in [-0.4, -0.2) is 10.2 Å². The molecule has 0 bridgehead atoms. The fourth-order valence-corrected chi connectivity index (χ4v) is 4.35. The Labute approximate surface area is 237 Å². The lowest BCUT2D eigenvalue weighted by Crippen LogP contribution is -2.14. The topological polar surface area (TPSA) is 40.5 Å². The van der Waals surface area contributed by atoms with E-state index >= 15 is 0 Å². The Bertz CT molecular complexity index is 1180. The molecule has 0 unspecified atom stereocenters. The monoisotopic (exact) mass is 522 g/mol. The third-order valence-corrected chi connectivity index (χ3v) is 6.20. The number of rotatable bonds is 4. The number of para-hydroxylation sites is 2. The van der Waals surface area contributed by atoms with E-state index in [9.17, 15) is 10.2 Å². The van der Waals surface area contributed by atoms with Crippen LogP contribution in [0.5, 0.6) is 11.5 Å². The quantitative estimate of drug-likeness (QED) is 0.262. The van der Waals surface area contributed by atoms with Crippen LogP contribution >= 0.6 is 0 Å². The van der Waals surface area contributed by atoms with Gasteiger partial charge in [0.25, 0.3) is 0 Å². The van der Waals surface area contributed by atoms with Crippen molar-refractivity contribution in [2.45, 2.75) is 59.8 Å². The van der Waals surface area contributed by atoms with Crippen molar-refractivity contribution in [3.8, 4) is 22.6 Å². The maximum atomic E-state index is 9.19. The first-order valence-electron chi connectivity index (χ1n) is 13.8. The summed E-state index contributed by atoms with van der Waals surface area (Å²) >= 11 is 0. The van der Waals surface area contributed by atoms with Crippen LogP contribution < -0.4 is 0 Å². The molecule has 0 aromatic heterocycles. The lowest BCUT2D eigenvalue weighted by atomic mass is 9.82. The SMILES string of the molecule is C=CCc1ccccc1O.C=CCc1ccccc1O.CC.CC.CC1(C)c2ccccc2-c2ccccc21. The zero-order chi connectivity index (χ0) is 29.3. The minimum Gasteiger partial charge on any atom is -0.508 e. The molecular weight excluding hydrogens is 476 g/mol. The molecule has 0 spiro atoms. The zero-order valence-electron chi connectivity index (χ0n) is 24.6. The van der Waals surface area contributed by atoms with E-state index in [1.165, 1.54) is 22.3 Å². The highest BCUT2D eigenvalue weighted by Gasteiger charge is 2.34. The third-order valence-electron chi connectivity index (χ3n) is 6.20. The van der Waals surface area contributed by atoms with Gasteiger partial charge in [-0.15, -0.1) is 13.2 Å². The first kappa shape index (κ1) is 33.0. The molecule has 0 heterocycles. The number of aromatic hydroxyl groups is 2. The zero-order valence-corrected chi connectivity index (χ0v) is 24.6. The molecule has 39 heavy (non-hydrogen) atoms. The van der Waals surface area contributed by atoms with Gasteiger partial charge in [0.05, 0.1) is 0 Å². The van der Waals surface area contributed by atoms with Crippen LogP contribution in [0.1, 0.15) is 63.8 Å². The Hall–Kier alpha value is -4.04. The summed E-state index contributed by atoms with van der Waals surface area (Å²) in [5.41, 5.74) is 7.72. The minimum atomic E-state index is 0.160. The van der Waals surface area contributed by atoms with Crippen LogP contribution in [0.15, 0.2) is 122 Å². The molecule has 1 aliphatic carbocycles. The molecule has 0 saturated carbocycles.